The number of nitrogens with zero attached hydrogens (tertiary/aromatic N) is 2. The molecule has 0 spiro atoms. The van der Waals surface area contributed by atoms with Gasteiger partial charge in [-0.05, 0) is 25.1 Å². The van der Waals surface area contributed by atoms with Crippen molar-refractivity contribution in [1.82, 2.24) is 9.97 Å². The lowest BCUT2D eigenvalue weighted by atomic mass is 10.2. The van der Waals surface area contributed by atoms with E-state index >= 15 is 0 Å². The molecule has 0 fully saturated rings. The Labute approximate surface area is 119 Å². The molecule has 0 radical (unpaired) electrons. The average molecular weight is 301 g/mol. The lowest BCUT2D eigenvalue weighted by Gasteiger charge is -2.12. The van der Waals surface area contributed by atoms with E-state index in [2.05, 4.69) is 9.97 Å². The van der Waals surface area contributed by atoms with Crippen molar-refractivity contribution >= 4 is 11.6 Å². The predicted molar refractivity (Wildman–Crippen MR) is 69.7 cm³/mol. The molecule has 2 aromatic rings. The predicted octanol–water partition coefficient (Wildman–Crippen LogP) is 4.26. The normalized spacial score (nSPS) is 10.7. The quantitative estimate of drug-likeness (QED) is 0.827. The topological polar surface area (TPSA) is 44.2 Å². The molecule has 1 aromatic carbocycles. The largest absolute Gasteiger partial charge is 0.490 e. The standard InChI is InChI=1S/C13H11ClF2N2O2/c1-2-19-10-5-8(13(15)16)3-4-9(10)20-12-7-17-6-11(14)18-12/h3-7,13H,2H2,1H3. The van der Waals surface area contributed by atoms with Crippen LogP contribution in [-0.4, -0.2) is 16.6 Å². The van der Waals surface area contributed by atoms with E-state index in [-0.39, 0.29) is 28.1 Å². The van der Waals surface area contributed by atoms with Crippen LogP contribution in [0.25, 0.3) is 0 Å². The van der Waals surface area contributed by atoms with E-state index in [1.807, 2.05) is 0 Å². The SMILES string of the molecule is CCOc1cc(C(F)F)ccc1Oc1cncc(Cl)n1. The number of halogens is 3. The maximum absolute atomic E-state index is 12.7. The average Bonchev–Trinajstić information content (AvgIpc) is 2.41. The molecule has 0 saturated heterocycles. The first kappa shape index (κ1) is 14.5. The number of alkyl halides is 2. The summed E-state index contributed by atoms with van der Waals surface area (Å²) in [7, 11) is 0. The van der Waals surface area contributed by atoms with E-state index in [0.29, 0.717) is 6.61 Å². The van der Waals surface area contributed by atoms with Crippen LogP contribution in [0.15, 0.2) is 30.6 Å². The van der Waals surface area contributed by atoms with Crippen LogP contribution in [0, 0.1) is 0 Å². The molecule has 0 aliphatic heterocycles. The van der Waals surface area contributed by atoms with E-state index in [4.69, 9.17) is 21.1 Å². The Kier molecular flexibility index (Phi) is 4.68. The smallest absolute Gasteiger partial charge is 0.263 e. The molecule has 4 nitrogen and oxygen atoms in total. The van der Waals surface area contributed by atoms with Crippen LogP contribution < -0.4 is 9.47 Å². The minimum atomic E-state index is -2.57. The van der Waals surface area contributed by atoms with Gasteiger partial charge in [0.1, 0.15) is 0 Å². The Morgan fingerprint density at radius 2 is 2.05 bits per heavy atom. The molecule has 7 heteroatoms. The minimum absolute atomic E-state index is 0.141. The van der Waals surface area contributed by atoms with Gasteiger partial charge in [0.2, 0.25) is 5.88 Å². The van der Waals surface area contributed by atoms with Crippen molar-refractivity contribution in [2.75, 3.05) is 6.61 Å². The molecule has 106 valence electrons. The third kappa shape index (κ3) is 3.54. The van der Waals surface area contributed by atoms with Crippen molar-refractivity contribution in [3.63, 3.8) is 0 Å². The van der Waals surface area contributed by atoms with Gasteiger partial charge in [0.05, 0.1) is 19.0 Å². The Morgan fingerprint density at radius 1 is 1.25 bits per heavy atom. The first-order valence-corrected chi connectivity index (χ1v) is 6.18. The molecule has 1 aromatic heterocycles. The van der Waals surface area contributed by atoms with Crippen LogP contribution in [0.2, 0.25) is 5.15 Å². The molecule has 0 aliphatic carbocycles. The van der Waals surface area contributed by atoms with Gasteiger partial charge in [-0.1, -0.05) is 11.6 Å². The van der Waals surface area contributed by atoms with Gasteiger partial charge in [-0.15, -0.1) is 0 Å². The van der Waals surface area contributed by atoms with Crippen LogP contribution in [0.1, 0.15) is 18.9 Å². The van der Waals surface area contributed by atoms with Crippen molar-refractivity contribution in [3.8, 4) is 17.4 Å². The molecule has 0 saturated carbocycles. The maximum atomic E-state index is 12.7. The van der Waals surface area contributed by atoms with Crippen molar-refractivity contribution in [3.05, 3.63) is 41.3 Å². The highest BCUT2D eigenvalue weighted by Crippen LogP contribution is 2.34. The van der Waals surface area contributed by atoms with Crippen LogP contribution in [0.3, 0.4) is 0 Å². The lowest BCUT2D eigenvalue weighted by molar-refractivity contribution is 0.150. The summed E-state index contributed by atoms with van der Waals surface area (Å²) in [6.07, 6.45) is 0.148. The Bertz CT molecular complexity index is 596. The summed E-state index contributed by atoms with van der Waals surface area (Å²) in [5.41, 5.74) is -0.141. The highest BCUT2D eigenvalue weighted by molar-refractivity contribution is 6.29. The van der Waals surface area contributed by atoms with Crippen molar-refractivity contribution in [1.29, 1.82) is 0 Å². The van der Waals surface area contributed by atoms with E-state index in [9.17, 15) is 8.78 Å². The fraction of sp³-hybridized carbons (Fsp3) is 0.231. The number of hydrogen-bond acceptors (Lipinski definition) is 4. The summed E-state index contributed by atoms with van der Waals surface area (Å²) in [5.74, 6) is 0.642. The number of hydrogen-bond donors (Lipinski definition) is 0. The van der Waals surface area contributed by atoms with Crippen LogP contribution in [-0.2, 0) is 0 Å². The van der Waals surface area contributed by atoms with Gasteiger partial charge in [-0.2, -0.15) is 4.98 Å². The summed E-state index contributed by atoms with van der Waals surface area (Å²) in [4.78, 5) is 7.73. The molecule has 0 aliphatic rings. The van der Waals surface area contributed by atoms with Crippen molar-refractivity contribution < 1.29 is 18.3 Å². The number of ether oxygens (including phenoxy) is 2. The van der Waals surface area contributed by atoms with Gasteiger partial charge in [0.15, 0.2) is 16.7 Å². The second-order valence-electron chi connectivity index (χ2n) is 3.72. The zero-order chi connectivity index (χ0) is 14.5. The Hall–Kier alpha value is -1.95. The third-order valence-electron chi connectivity index (χ3n) is 2.32. The molecule has 0 N–H and O–H groups in total. The fourth-order valence-electron chi connectivity index (χ4n) is 1.50. The molecular formula is C13H11ClF2N2O2. The molecule has 20 heavy (non-hydrogen) atoms. The first-order chi connectivity index (χ1) is 9.60. The highest BCUT2D eigenvalue weighted by atomic mass is 35.5. The Balaban J connectivity index is 2.30. The van der Waals surface area contributed by atoms with Crippen LogP contribution in [0.4, 0.5) is 8.78 Å². The van der Waals surface area contributed by atoms with Crippen molar-refractivity contribution in [2.24, 2.45) is 0 Å². The van der Waals surface area contributed by atoms with Crippen molar-refractivity contribution in [2.45, 2.75) is 13.3 Å². The van der Waals surface area contributed by atoms with E-state index in [1.165, 1.54) is 30.6 Å². The van der Waals surface area contributed by atoms with Gasteiger partial charge in [0.25, 0.3) is 6.43 Å². The molecule has 0 amide bonds. The highest BCUT2D eigenvalue weighted by Gasteiger charge is 2.13. The van der Waals surface area contributed by atoms with Gasteiger partial charge in [-0.25, -0.2) is 8.78 Å². The fourth-order valence-corrected chi connectivity index (χ4v) is 1.64. The maximum Gasteiger partial charge on any atom is 0.263 e. The number of benzene rings is 1. The molecule has 2 rings (SSSR count). The van der Waals surface area contributed by atoms with Gasteiger partial charge in [-0.3, -0.25) is 4.98 Å². The van der Waals surface area contributed by atoms with E-state index in [0.717, 1.165) is 0 Å². The van der Waals surface area contributed by atoms with Gasteiger partial charge < -0.3 is 9.47 Å². The minimum Gasteiger partial charge on any atom is -0.490 e. The summed E-state index contributed by atoms with van der Waals surface area (Å²) >= 11 is 5.69. The van der Waals surface area contributed by atoms with E-state index < -0.39 is 6.43 Å². The van der Waals surface area contributed by atoms with E-state index in [1.54, 1.807) is 6.92 Å². The molecule has 1 heterocycles. The zero-order valence-corrected chi connectivity index (χ0v) is 11.3. The van der Waals surface area contributed by atoms with Crippen LogP contribution >= 0.6 is 11.6 Å². The monoisotopic (exact) mass is 300 g/mol. The first-order valence-electron chi connectivity index (χ1n) is 5.80. The molecule has 0 unspecified atom stereocenters. The third-order valence-corrected chi connectivity index (χ3v) is 2.50. The van der Waals surface area contributed by atoms with Gasteiger partial charge >= 0.3 is 0 Å². The molecule has 0 atom stereocenters. The second kappa shape index (κ2) is 6.47. The molecular weight excluding hydrogens is 290 g/mol. The Morgan fingerprint density at radius 3 is 2.70 bits per heavy atom. The summed E-state index contributed by atoms with van der Waals surface area (Å²) < 4.78 is 36.1. The lowest BCUT2D eigenvalue weighted by Crippen LogP contribution is -1.98. The molecule has 0 bridgehead atoms. The van der Waals surface area contributed by atoms with Gasteiger partial charge in [0, 0.05) is 5.56 Å². The zero-order valence-electron chi connectivity index (χ0n) is 10.5. The second-order valence-corrected chi connectivity index (χ2v) is 4.11. The summed E-state index contributed by atoms with van der Waals surface area (Å²) in [6.45, 7) is 2.07. The number of rotatable bonds is 5. The number of aromatic nitrogens is 2. The van der Waals surface area contributed by atoms with Crippen LogP contribution in [0.5, 0.6) is 17.4 Å². The summed E-state index contributed by atoms with van der Waals surface area (Å²) in [6, 6.07) is 3.90. The summed E-state index contributed by atoms with van der Waals surface area (Å²) in [5, 5.41) is 0.171.